The van der Waals surface area contributed by atoms with Crippen LogP contribution in [-0.2, 0) is 0 Å². The first kappa shape index (κ1) is 20.4. The number of nitrogens with zero attached hydrogens (tertiary/aromatic N) is 4. The highest BCUT2D eigenvalue weighted by Gasteiger charge is 2.36. The number of hydrogen-bond acceptors (Lipinski definition) is 6. The number of fused-ring (bicyclic) bond motifs is 1. The van der Waals surface area contributed by atoms with E-state index >= 15 is 0 Å². The number of anilines is 2. The molecule has 1 aliphatic heterocycles. The van der Waals surface area contributed by atoms with E-state index in [1.807, 2.05) is 0 Å². The molecule has 0 fully saturated rings. The molecule has 5 rings (SSSR count). The number of aromatic nitrogens is 2. The van der Waals surface area contributed by atoms with Crippen molar-refractivity contribution in [3.63, 3.8) is 0 Å². The lowest BCUT2D eigenvalue weighted by atomic mass is 10.0. The number of halogens is 1. The first-order valence-electron chi connectivity index (χ1n) is 9.89. The summed E-state index contributed by atoms with van der Waals surface area (Å²) in [5.74, 6) is -0.461. The molecule has 7 nitrogen and oxygen atoms in total. The van der Waals surface area contributed by atoms with Crippen LogP contribution in [0.4, 0.5) is 11.5 Å². The number of nitriles is 1. The van der Waals surface area contributed by atoms with Gasteiger partial charge in [-0.2, -0.15) is 5.26 Å². The second-order valence-corrected chi connectivity index (χ2v) is 7.75. The smallest absolute Gasteiger partial charge is 0.266 e. The summed E-state index contributed by atoms with van der Waals surface area (Å²) in [4.78, 5) is 35.7. The number of imide groups is 1. The highest BCUT2D eigenvalue weighted by molar-refractivity contribution is 6.34. The van der Waals surface area contributed by atoms with Crippen LogP contribution in [0, 0.1) is 11.3 Å². The maximum absolute atomic E-state index is 12.9. The van der Waals surface area contributed by atoms with E-state index < -0.39 is 11.8 Å². The molecule has 0 saturated carbocycles. The molecule has 158 valence electrons. The Kier molecular flexibility index (Phi) is 4.85. The van der Waals surface area contributed by atoms with Crippen LogP contribution in [0.25, 0.3) is 22.6 Å². The van der Waals surface area contributed by atoms with Crippen molar-refractivity contribution in [1.82, 2.24) is 9.97 Å². The van der Waals surface area contributed by atoms with E-state index in [1.54, 1.807) is 72.8 Å². The normalized spacial score (nSPS) is 12.5. The maximum atomic E-state index is 12.9. The van der Waals surface area contributed by atoms with Gasteiger partial charge in [-0.15, -0.1) is 0 Å². The van der Waals surface area contributed by atoms with Gasteiger partial charge in [-0.1, -0.05) is 35.9 Å². The van der Waals surface area contributed by atoms with Crippen molar-refractivity contribution in [2.75, 3.05) is 10.6 Å². The molecule has 2 heterocycles. The first-order chi connectivity index (χ1) is 16.0. The zero-order chi connectivity index (χ0) is 23.1. The van der Waals surface area contributed by atoms with Crippen molar-refractivity contribution in [2.24, 2.45) is 0 Å². The highest BCUT2D eigenvalue weighted by Crippen LogP contribution is 2.33. The summed E-state index contributed by atoms with van der Waals surface area (Å²) < 4.78 is 0. The van der Waals surface area contributed by atoms with Crippen LogP contribution in [0.15, 0.2) is 72.8 Å². The van der Waals surface area contributed by atoms with Crippen LogP contribution in [0.2, 0.25) is 5.02 Å². The van der Waals surface area contributed by atoms with E-state index in [0.717, 1.165) is 4.90 Å². The Morgan fingerprint density at radius 1 is 0.848 bits per heavy atom. The Bertz CT molecular complexity index is 1460. The van der Waals surface area contributed by atoms with Gasteiger partial charge in [0.05, 0.1) is 22.5 Å². The van der Waals surface area contributed by atoms with Gasteiger partial charge in [0.1, 0.15) is 17.5 Å². The van der Waals surface area contributed by atoms with E-state index in [0.29, 0.717) is 44.5 Å². The van der Waals surface area contributed by atoms with Crippen LogP contribution >= 0.6 is 11.6 Å². The molecule has 0 spiro atoms. The summed E-state index contributed by atoms with van der Waals surface area (Å²) >= 11 is 5.97. The fourth-order valence-corrected chi connectivity index (χ4v) is 3.87. The molecule has 3 aromatic carbocycles. The molecule has 0 radical (unpaired) electrons. The Labute approximate surface area is 193 Å². The van der Waals surface area contributed by atoms with Gasteiger partial charge >= 0.3 is 0 Å². The summed E-state index contributed by atoms with van der Waals surface area (Å²) in [5.41, 5.74) is 8.74. The number of benzene rings is 3. The minimum absolute atomic E-state index is 0.0265. The van der Waals surface area contributed by atoms with E-state index in [2.05, 4.69) is 16.0 Å². The zero-order valence-electron chi connectivity index (χ0n) is 17.0. The summed E-state index contributed by atoms with van der Waals surface area (Å²) in [5, 5.41) is 10.3. The van der Waals surface area contributed by atoms with Crippen LogP contribution < -0.4 is 10.6 Å². The second kappa shape index (κ2) is 7.86. The van der Waals surface area contributed by atoms with E-state index in [-0.39, 0.29) is 11.4 Å². The molecule has 1 aliphatic rings. The first-order valence-corrected chi connectivity index (χ1v) is 10.3. The topological polar surface area (TPSA) is 113 Å². The fourth-order valence-electron chi connectivity index (χ4n) is 3.74. The van der Waals surface area contributed by atoms with Crippen molar-refractivity contribution >= 4 is 34.9 Å². The average molecular weight is 452 g/mol. The van der Waals surface area contributed by atoms with E-state index in [4.69, 9.17) is 17.3 Å². The molecule has 0 atom stereocenters. The van der Waals surface area contributed by atoms with Crippen LogP contribution in [-0.4, -0.2) is 21.8 Å². The SMILES string of the molecule is N#Cc1c(N)nc(-c2ccc(Cl)cc2)nc1-c1cccc(N2C(=O)c3ccccc3C2=O)c1. The number of rotatable bonds is 3. The average Bonchev–Trinajstić information content (AvgIpc) is 3.09. The molecule has 0 aliphatic carbocycles. The predicted octanol–water partition coefficient (Wildman–Crippen LogP) is 4.72. The third-order valence-electron chi connectivity index (χ3n) is 5.32. The lowest BCUT2D eigenvalue weighted by Crippen LogP contribution is -2.29. The van der Waals surface area contributed by atoms with Crippen LogP contribution in [0.1, 0.15) is 26.3 Å². The van der Waals surface area contributed by atoms with Gasteiger partial charge in [0.2, 0.25) is 0 Å². The van der Waals surface area contributed by atoms with E-state index in [9.17, 15) is 14.9 Å². The van der Waals surface area contributed by atoms with Crippen molar-refractivity contribution in [3.8, 4) is 28.7 Å². The molecule has 2 N–H and O–H groups in total. The summed E-state index contributed by atoms with van der Waals surface area (Å²) in [6.07, 6.45) is 0. The number of carbonyl (C=O) groups is 2. The van der Waals surface area contributed by atoms with Gasteiger partial charge in [-0.3, -0.25) is 9.59 Å². The summed E-state index contributed by atoms with van der Waals surface area (Å²) in [6.45, 7) is 0. The Balaban J connectivity index is 1.62. The van der Waals surface area contributed by atoms with Crippen molar-refractivity contribution < 1.29 is 9.59 Å². The van der Waals surface area contributed by atoms with Gasteiger partial charge in [0.15, 0.2) is 5.82 Å². The molecule has 0 saturated heterocycles. The molecular weight excluding hydrogens is 438 g/mol. The van der Waals surface area contributed by atoms with Gasteiger partial charge in [-0.25, -0.2) is 14.9 Å². The molecule has 33 heavy (non-hydrogen) atoms. The van der Waals surface area contributed by atoms with Crippen LogP contribution in [0.5, 0.6) is 0 Å². The third kappa shape index (κ3) is 3.39. The van der Waals surface area contributed by atoms with Crippen LogP contribution in [0.3, 0.4) is 0 Å². The molecule has 0 bridgehead atoms. The summed E-state index contributed by atoms with van der Waals surface area (Å²) in [7, 11) is 0. The molecule has 2 amide bonds. The standard InChI is InChI=1S/C25H14ClN5O2/c26-16-10-8-14(9-11-16)23-29-21(20(13-27)22(28)30-23)15-4-3-5-17(12-15)31-24(32)18-6-1-2-7-19(18)25(31)33/h1-12H,(H2,28,29,30). The number of nitrogen functional groups attached to an aromatic ring is 1. The largest absolute Gasteiger partial charge is 0.382 e. The number of nitrogens with two attached hydrogens (primary N) is 1. The van der Waals surface area contributed by atoms with Crippen molar-refractivity contribution in [2.45, 2.75) is 0 Å². The number of carbonyl (C=O) groups excluding carboxylic acids is 2. The van der Waals surface area contributed by atoms with E-state index in [1.165, 1.54) is 0 Å². The minimum atomic E-state index is -0.405. The maximum Gasteiger partial charge on any atom is 0.266 e. The van der Waals surface area contributed by atoms with Gasteiger partial charge in [0.25, 0.3) is 11.8 Å². The van der Waals surface area contributed by atoms with Gasteiger partial charge in [-0.05, 0) is 48.5 Å². The monoisotopic (exact) mass is 451 g/mol. The number of amides is 2. The molecule has 1 aromatic heterocycles. The Morgan fingerprint density at radius 3 is 2.15 bits per heavy atom. The molecule has 0 unspecified atom stereocenters. The van der Waals surface area contributed by atoms with Gasteiger partial charge in [0, 0.05) is 16.1 Å². The molecule has 4 aromatic rings. The van der Waals surface area contributed by atoms with Crippen molar-refractivity contribution in [1.29, 1.82) is 5.26 Å². The summed E-state index contributed by atoms with van der Waals surface area (Å²) in [6, 6.07) is 22.3. The highest BCUT2D eigenvalue weighted by atomic mass is 35.5. The van der Waals surface area contributed by atoms with Gasteiger partial charge < -0.3 is 5.73 Å². The molecule has 8 heteroatoms. The fraction of sp³-hybridized carbons (Fsp3) is 0. The molecular formula is C25H14ClN5O2. The quantitative estimate of drug-likeness (QED) is 0.451. The second-order valence-electron chi connectivity index (χ2n) is 7.32. The van der Waals surface area contributed by atoms with Crippen molar-refractivity contribution in [3.05, 3.63) is 94.5 Å². The minimum Gasteiger partial charge on any atom is -0.382 e. The Morgan fingerprint density at radius 2 is 1.52 bits per heavy atom. The number of hydrogen-bond donors (Lipinski definition) is 1. The third-order valence-corrected chi connectivity index (χ3v) is 5.58. The zero-order valence-corrected chi connectivity index (χ0v) is 17.7. The predicted molar refractivity (Wildman–Crippen MR) is 125 cm³/mol. The lowest BCUT2D eigenvalue weighted by Gasteiger charge is -2.16. The lowest BCUT2D eigenvalue weighted by molar-refractivity contribution is 0.0926. The Hall–Kier alpha value is -4.54.